The first-order valence-corrected chi connectivity index (χ1v) is 6.76. The maximum atomic E-state index is 4.37. The summed E-state index contributed by atoms with van der Waals surface area (Å²) < 4.78 is 1.89. The van der Waals surface area contributed by atoms with Gasteiger partial charge in [0.05, 0.1) is 0 Å². The Morgan fingerprint density at radius 1 is 1.28 bits per heavy atom. The number of fused-ring (bicyclic) bond motifs is 1. The van der Waals surface area contributed by atoms with E-state index >= 15 is 0 Å². The Bertz CT molecular complexity index is 479. The van der Waals surface area contributed by atoms with Gasteiger partial charge in [-0.1, -0.05) is 33.1 Å². The normalized spacial score (nSPS) is 12.8. The summed E-state index contributed by atoms with van der Waals surface area (Å²) in [5.41, 5.74) is 0.801. The van der Waals surface area contributed by atoms with Crippen LogP contribution in [0.4, 0.5) is 5.82 Å². The molecular weight excluding hydrogens is 226 g/mol. The molecular formula is C13H21N5. The summed E-state index contributed by atoms with van der Waals surface area (Å²) in [6.45, 7) is 4.44. The first-order chi connectivity index (χ1) is 8.85. The smallest absolute Gasteiger partial charge is 0.203 e. The predicted octanol–water partition coefficient (Wildman–Crippen LogP) is 2.90. The van der Waals surface area contributed by atoms with Crippen LogP contribution in [0.1, 0.15) is 46.0 Å². The maximum Gasteiger partial charge on any atom is 0.203 e. The molecule has 0 saturated carbocycles. The molecule has 5 nitrogen and oxygen atoms in total. The van der Waals surface area contributed by atoms with Gasteiger partial charge in [-0.2, -0.15) is 0 Å². The number of hydrogen-bond donors (Lipinski definition) is 1. The molecule has 1 unspecified atom stereocenters. The molecule has 18 heavy (non-hydrogen) atoms. The predicted molar refractivity (Wildman–Crippen MR) is 72.6 cm³/mol. The third kappa shape index (κ3) is 2.97. The van der Waals surface area contributed by atoms with Gasteiger partial charge < -0.3 is 5.32 Å². The van der Waals surface area contributed by atoms with Crippen molar-refractivity contribution in [2.75, 3.05) is 5.32 Å². The average molecular weight is 247 g/mol. The molecule has 1 atom stereocenters. The summed E-state index contributed by atoms with van der Waals surface area (Å²) in [6.07, 6.45) is 11.3. The van der Waals surface area contributed by atoms with Crippen LogP contribution in [0.25, 0.3) is 5.65 Å². The van der Waals surface area contributed by atoms with Crippen molar-refractivity contribution in [1.29, 1.82) is 0 Å². The van der Waals surface area contributed by atoms with Gasteiger partial charge in [-0.15, -0.1) is 10.2 Å². The van der Waals surface area contributed by atoms with Gasteiger partial charge >= 0.3 is 0 Å². The Morgan fingerprint density at radius 2 is 2.17 bits per heavy atom. The number of unbranched alkanes of at least 4 members (excludes halogenated alkanes) is 1. The highest BCUT2D eigenvalue weighted by atomic mass is 15.2. The van der Waals surface area contributed by atoms with Gasteiger partial charge in [0.25, 0.3) is 0 Å². The van der Waals surface area contributed by atoms with Crippen molar-refractivity contribution < 1.29 is 0 Å². The first kappa shape index (κ1) is 12.8. The lowest BCUT2D eigenvalue weighted by molar-refractivity contribution is 0.563. The summed E-state index contributed by atoms with van der Waals surface area (Å²) in [5, 5.41) is 11.5. The number of hydrogen-bond acceptors (Lipinski definition) is 4. The van der Waals surface area contributed by atoms with Crippen LogP contribution in [0.2, 0.25) is 0 Å². The van der Waals surface area contributed by atoms with Gasteiger partial charge in [-0.25, -0.2) is 4.98 Å². The fourth-order valence-corrected chi connectivity index (χ4v) is 2.14. The Labute approximate surface area is 108 Å². The van der Waals surface area contributed by atoms with Crippen molar-refractivity contribution in [2.24, 2.45) is 0 Å². The molecule has 0 aromatic carbocycles. The lowest BCUT2D eigenvalue weighted by Gasteiger charge is -2.18. The third-order valence-electron chi connectivity index (χ3n) is 3.10. The highest BCUT2D eigenvalue weighted by molar-refractivity contribution is 5.61. The van der Waals surface area contributed by atoms with E-state index < -0.39 is 0 Å². The lowest BCUT2D eigenvalue weighted by Crippen LogP contribution is -2.20. The van der Waals surface area contributed by atoms with E-state index in [1.54, 1.807) is 12.5 Å². The number of nitrogens with one attached hydrogen (secondary N) is 1. The van der Waals surface area contributed by atoms with Crippen LogP contribution in [-0.2, 0) is 0 Å². The standard InChI is InChI=1S/C13H21N5/c1-3-5-7-11(6-4-2)16-12-13-17-15-10-18(13)9-8-14-12/h8-11H,3-7H2,1-2H3,(H,14,16). The van der Waals surface area contributed by atoms with Gasteiger partial charge in [0, 0.05) is 18.4 Å². The van der Waals surface area contributed by atoms with Gasteiger partial charge in [0.1, 0.15) is 6.33 Å². The van der Waals surface area contributed by atoms with Crippen LogP contribution >= 0.6 is 0 Å². The lowest BCUT2D eigenvalue weighted by atomic mass is 10.1. The zero-order valence-electron chi connectivity index (χ0n) is 11.1. The van der Waals surface area contributed by atoms with Crippen molar-refractivity contribution in [2.45, 2.75) is 52.0 Å². The number of anilines is 1. The van der Waals surface area contributed by atoms with Crippen LogP contribution in [0.5, 0.6) is 0 Å². The highest BCUT2D eigenvalue weighted by Gasteiger charge is 2.11. The van der Waals surface area contributed by atoms with E-state index in [0.29, 0.717) is 6.04 Å². The largest absolute Gasteiger partial charge is 0.364 e. The molecule has 2 aromatic rings. The van der Waals surface area contributed by atoms with Crippen molar-refractivity contribution in [3.63, 3.8) is 0 Å². The summed E-state index contributed by atoms with van der Waals surface area (Å²) in [6, 6.07) is 0.477. The van der Waals surface area contributed by atoms with Gasteiger partial charge in [0.15, 0.2) is 5.82 Å². The quantitative estimate of drug-likeness (QED) is 0.817. The minimum absolute atomic E-state index is 0.477. The topological polar surface area (TPSA) is 55.1 Å². The zero-order chi connectivity index (χ0) is 12.8. The Kier molecular flexibility index (Phi) is 4.50. The molecule has 0 amide bonds. The molecule has 0 radical (unpaired) electrons. The minimum atomic E-state index is 0.477. The van der Waals surface area contributed by atoms with Crippen molar-refractivity contribution in [1.82, 2.24) is 19.6 Å². The highest BCUT2D eigenvalue weighted by Crippen LogP contribution is 2.16. The van der Waals surface area contributed by atoms with Crippen LogP contribution in [0, 0.1) is 0 Å². The molecule has 0 aliphatic rings. The Hall–Kier alpha value is -1.65. The van der Waals surface area contributed by atoms with E-state index in [2.05, 4.69) is 34.3 Å². The molecule has 0 spiro atoms. The molecule has 1 N–H and O–H groups in total. The van der Waals surface area contributed by atoms with Crippen LogP contribution in [0.15, 0.2) is 18.7 Å². The molecule has 98 valence electrons. The monoisotopic (exact) mass is 247 g/mol. The fraction of sp³-hybridized carbons (Fsp3) is 0.615. The van der Waals surface area contributed by atoms with Gasteiger partial charge in [0.2, 0.25) is 5.65 Å². The van der Waals surface area contributed by atoms with Crippen molar-refractivity contribution in [3.8, 4) is 0 Å². The maximum absolute atomic E-state index is 4.37. The molecule has 5 heteroatoms. The SMILES string of the molecule is CCCCC(CCC)Nc1nccn2cnnc12. The van der Waals surface area contributed by atoms with Crippen LogP contribution in [0.3, 0.4) is 0 Å². The van der Waals surface area contributed by atoms with Crippen LogP contribution < -0.4 is 5.32 Å². The fourth-order valence-electron chi connectivity index (χ4n) is 2.14. The van der Waals surface area contributed by atoms with E-state index in [9.17, 15) is 0 Å². The Balaban J connectivity index is 2.12. The van der Waals surface area contributed by atoms with E-state index in [-0.39, 0.29) is 0 Å². The number of aromatic nitrogens is 4. The average Bonchev–Trinajstić information content (AvgIpc) is 2.85. The number of rotatable bonds is 7. The zero-order valence-corrected chi connectivity index (χ0v) is 11.1. The second kappa shape index (κ2) is 6.33. The molecule has 2 rings (SSSR count). The number of nitrogens with zero attached hydrogens (tertiary/aromatic N) is 4. The molecule has 0 saturated heterocycles. The third-order valence-corrected chi connectivity index (χ3v) is 3.10. The van der Waals surface area contributed by atoms with E-state index in [0.717, 1.165) is 17.9 Å². The Morgan fingerprint density at radius 3 is 2.94 bits per heavy atom. The molecule has 0 aliphatic carbocycles. The van der Waals surface area contributed by atoms with Crippen molar-refractivity contribution >= 4 is 11.5 Å². The first-order valence-electron chi connectivity index (χ1n) is 6.76. The second-order valence-electron chi connectivity index (χ2n) is 4.61. The van der Waals surface area contributed by atoms with Gasteiger partial charge in [-0.3, -0.25) is 4.40 Å². The van der Waals surface area contributed by atoms with Gasteiger partial charge in [-0.05, 0) is 12.8 Å². The molecule has 0 aliphatic heterocycles. The molecule has 0 bridgehead atoms. The van der Waals surface area contributed by atoms with E-state index in [4.69, 9.17) is 0 Å². The second-order valence-corrected chi connectivity index (χ2v) is 4.61. The van der Waals surface area contributed by atoms with E-state index in [1.165, 1.54) is 25.7 Å². The van der Waals surface area contributed by atoms with Crippen LogP contribution in [-0.4, -0.2) is 25.6 Å². The summed E-state index contributed by atoms with van der Waals surface area (Å²) in [4.78, 5) is 4.37. The summed E-state index contributed by atoms with van der Waals surface area (Å²) in [7, 11) is 0. The molecule has 0 fully saturated rings. The minimum Gasteiger partial charge on any atom is -0.364 e. The molecule has 2 aromatic heterocycles. The molecule has 2 heterocycles. The summed E-state index contributed by atoms with van der Waals surface area (Å²) in [5.74, 6) is 0.838. The van der Waals surface area contributed by atoms with Crippen molar-refractivity contribution in [3.05, 3.63) is 18.7 Å². The van der Waals surface area contributed by atoms with E-state index in [1.807, 2.05) is 10.6 Å². The summed E-state index contributed by atoms with van der Waals surface area (Å²) >= 11 is 0.